The molecule has 1 heterocycles. The summed E-state index contributed by atoms with van der Waals surface area (Å²) in [7, 11) is 0. The van der Waals surface area contributed by atoms with Crippen LogP contribution in [0.4, 0.5) is 5.82 Å². The van der Waals surface area contributed by atoms with Crippen molar-refractivity contribution in [2.75, 3.05) is 11.9 Å². The Bertz CT molecular complexity index is 545. The first-order valence-electron chi connectivity index (χ1n) is 7.06. The number of hydrogen-bond acceptors (Lipinski definition) is 3. The van der Waals surface area contributed by atoms with Crippen molar-refractivity contribution in [2.24, 2.45) is 0 Å². The Labute approximate surface area is 125 Å². The zero-order chi connectivity index (χ0) is 14.4. The Hall–Kier alpha value is -1.61. The van der Waals surface area contributed by atoms with Crippen molar-refractivity contribution in [3.63, 3.8) is 0 Å². The zero-order valence-electron chi connectivity index (χ0n) is 12.0. The van der Waals surface area contributed by atoms with E-state index < -0.39 is 0 Å². The van der Waals surface area contributed by atoms with E-state index in [1.807, 2.05) is 24.3 Å². The lowest BCUT2D eigenvalue weighted by Gasteiger charge is -2.09. The third kappa shape index (κ3) is 4.20. The number of halogens is 1. The Morgan fingerprint density at radius 1 is 1.15 bits per heavy atom. The first kappa shape index (κ1) is 14.8. The molecule has 20 heavy (non-hydrogen) atoms. The predicted molar refractivity (Wildman–Crippen MR) is 84.4 cm³/mol. The van der Waals surface area contributed by atoms with Gasteiger partial charge in [-0.05, 0) is 31.0 Å². The summed E-state index contributed by atoms with van der Waals surface area (Å²) in [5, 5.41) is 4.02. The number of nitrogens with one attached hydrogen (secondary N) is 1. The maximum absolute atomic E-state index is 6.02. The van der Waals surface area contributed by atoms with Crippen molar-refractivity contribution < 1.29 is 0 Å². The minimum atomic E-state index is 0.705. The zero-order valence-corrected chi connectivity index (χ0v) is 12.7. The first-order valence-corrected chi connectivity index (χ1v) is 7.44. The molecule has 0 aliphatic heterocycles. The molecular formula is C16H20ClN3. The van der Waals surface area contributed by atoms with Gasteiger partial charge in [-0.15, -0.1) is 0 Å². The number of hydrogen-bond donors (Lipinski definition) is 1. The van der Waals surface area contributed by atoms with E-state index in [2.05, 4.69) is 35.2 Å². The molecule has 1 aromatic carbocycles. The molecule has 0 unspecified atom stereocenters. The SMILES string of the molecule is CCCc1cc(NCC)nc(Cc2cccc(Cl)c2)n1. The van der Waals surface area contributed by atoms with Gasteiger partial charge in [-0.2, -0.15) is 0 Å². The van der Waals surface area contributed by atoms with Gasteiger partial charge in [-0.1, -0.05) is 37.1 Å². The Kier molecular flexibility index (Phi) is 5.36. The Balaban J connectivity index is 2.25. The second-order valence-electron chi connectivity index (χ2n) is 4.75. The average molecular weight is 290 g/mol. The van der Waals surface area contributed by atoms with Crippen LogP contribution in [0.15, 0.2) is 30.3 Å². The van der Waals surface area contributed by atoms with E-state index in [-0.39, 0.29) is 0 Å². The fraction of sp³-hybridized carbons (Fsp3) is 0.375. The van der Waals surface area contributed by atoms with Crippen LogP contribution in [-0.2, 0) is 12.8 Å². The number of benzene rings is 1. The Morgan fingerprint density at radius 2 is 2.00 bits per heavy atom. The highest BCUT2D eigenvalue weighted by molar-refractivity contribution is 6.30. The van der Waals surface area contributed by atoms with Crippen molar-refractivity contribution in [3.05, 3.63) is 52.4 Å². The molecular weight excluding hydrogens is 270 g/mol. The van der Waals surface area contributed by atoms with Crippen molar-refractivity contribution in [2.45, 2.75) is 33.1 Å². The molecule has 0 saturated carbocycles. The lowest BCUT2D eigenvalue weighted by atomic mass is 10.1. The number of rotatable bonds is 6. The molecule has 0 amide bonds. The highest BCUT2D eigenvalue weighted by atomic mass is 35.5. The molecule has 0 spiro atoms. The van der Waals surface area contributed by atoms with E-state index in [1.165, 1.54) is 0 Å². The van der Waals surface area contributed by atoms with Gasteiger partial charge < -0.3 is 5.32 Å². The lowest BCUT2D eigenvalue weighted by molar-refractivity contribution is 0.841. The van der Waals surface area contributed by atoms with Gasteiger partial charge in [-0.3, -0.25) is 0 Å². The van der Waals surface area contributed by atoms with E-state index in [0.29, 0.717) is 6.42 Å². The maximum Gasteiger partial charge on any atom is 0.135 e. The summed E-state index contributed by atoms with van der Waals surface area (Å²) in [4.78, 5) is 9.20. The molecule has 0 atom stereocenters. The summed E-state index contributed by atoms with van der Waals surface area (Å²) >= 11 is 6.02. The molecule has 0 bridgehead atoms. The predicted octanol–water partition coefficient (Wildman–Crippen LogP) is 4.11. The van der Waals surface area contributed by atoms with Crippen LogP contribution in [0.5, 0.6) is 0 Å². The van der Waals surface area contributed by atoms with Gasteiger partial charge in [0.2, 0.25) is 0 Å². The van der Waals surface area contributed by atoms with Gasteiger partial charge >= 0.3 is 0 Å². The molecule has 0 saturated heterocycles. The van der Waals surface area contributed by atoms with Gasteiger partial charge in [0.1, 0.15) is 11.6 Å². The third-order valence-corrected chi connectivity index (χ3v) is 3.18. The van der Waals surface area contributed by atoms with Crippen LogP contribution in [0.2, 0.25) is 5.02 Å². The summed E-state index contributed by atoms with van der Waals surface area (Å²) in [6.45, 7) is 5.09. The molecule has 2 rings (SSSR count). The van der Waals surface area contributed by atoms with Crippen LogP contribution in [0, 0.1) is 0 Å². The molecule has 3 nitrogen and oxygen atoms in total. The van der Waals surface area contributed by atoms with E-state index in [9.17, 15) is 0 Å². The maximum atomic E-state index is 6.02. The topological polar surface area (TPSA) is 37.8 Å². The summed E-state index contributed by atoms with van der Waals surface area (Å²) in [6, 6.07) is 9.88. The number of aryl methyl sites for hydroxylation is 1. The quantitative estimate of drug-likeness (QED) is 0.870. The second kappa shape index (κ2) is 7.25. The number of anilines is 1. The molecule has 0 radical (unpaired) electrons. The molecule has 0 aliphatic carbocycles. The third-order valence-electron chi connectivity index (χ3n) is 2.94. The van der Waals surface area contributed by atoms with Crippen LogP contribution in [0.3, 0.4) is 0 Å². The van der Waals surface area contributed by atoms with Crippen LogP contribution in [0.1, 0.15) is 37.4 Å². The smallest absolute Gasteiger partial charge is 0.135 e. The molecule has 0 fully saturated rings. The van der Waals surface area contributed by atoms with Crippen molar-refractivity contribution in [1.29, 1.82) is 0 Å². The monoisotopic (exact) mass is 289 g/mol. The average Bonchev–Trinajstić information content (AvgIpc) is 2.39. The van der Waals surface area contributed by atoms with Crippen molar-refractivity contribution >= 4 is 17.4 Å². The van der Waals surface area contributed by atoms with Gasteiger partial charge in [0, 0.05) is 29.7 Å². The first-order chi connectivity index (χ1) is 9.71. The van der Waals surface area contributed by atoms with Crippen LogP contribution >= 0.6 is 11.6 Å². The minimum absolute atomic E-state index is 0.705. The lowest BCUT2D eigenvalue weighted by Crippen LogP contribution is -2.06. The van der Waals surface area contributed by atoms with Crippen molar-refractivity contribution in [1.82, 2.24) is 9.97 Å². The second-order valence-corrected chi connectivity index (χ2v) is 5.18. The normalized spacial score (nSPS) is 10.6. The van der Waals surface area contributed by atoms with Crippen LogP contribution in [-0.4, -0.2) is 16.5 Å². The fourth-order valence-electron chi connectivity index (χ4n) is 2.12. The van der Waals surface area contributed by atoms with Crippen molar-refractivity contribution in [3.8, 4) is 0 Å². The van der Waals surface area contributed by atoms with Gasteiger partial charge in [0.05, 0.1) is 0 Å². The summed E-state index contributed by atoms with van der Waals surface area (Å²) in [6.07, 6.45) is 2.76. The summed E-state index contributed by atoms with van der Waals surface area (Å²) in [5.74, 6) is 1.75. The highest BCUT2D eigenvalue weighted by Gasteiger charge is 2.05. The standard InChI is InChI=1S/C16H20ClN3/c1-3-6-14-11-15(18-4-2)20-16(19-14)10-12-7-5-8-13(17)9-12/h5,7-9,11H,3-4,6,10H2,1-2H3,(H,18,19,20). The molecule has 1 N–H and O–H groups in total. The van der Waals surface area contributed by atoms with E-state index in [0.717, 1.165) is 47.3 Å². The van der Waals surface area contributed by atoms with E-state index in [1.54, 1.807) is 0 Å². The molecule has 0 aliphatic rings. The Morgan fingerprint density at radius 3 is 2.70 bits per heavy atom. The number of nitrogens with zero attached hydrogens (tertiary/aromatic N) is 2. The molecule has 106 valence electrons. The fourth-order valence-corrected chi connectivity index (χ4v) is 2.33. The van der Waals surface area contributed by atoms with Gasteiger partial charge in [0.15, 0.2) is 0 Å². The minimum Gasteiger partial charge on any atom is -0.370 e. The van der Waals surface area contributed by atoms with E-state index in [4.69, 9.17) is 11.6 Å². The summed E-state index contributed by atoms with van der Waals surface area (Å²) < 4.78 is 0. The van der Waals surface area contributed by atoms with Gasteiger partial charge in [0.25, 0.3) is 0 Å². The molecule has 4 heteroatoms. The van der Waals surface area contributed by atoms with Gasteiger partial charge in [-0.25, -0.2) is 9.97 Å². The largest absolute Gasteiger partial charge is 0.370 e. The number of aromatic nitrogens is 2. The van der Waals surface area contributed by atoms with E-state index >= 15 is 0 Å². The van der Waals surface area contributed by atoms with Crippen LogP contribution in [0.25, 0.3) is 0 Å². The van der Waals surface area contributed by atoms with Crippen LogP contribution < -0.4 is 5.32 Å². The summed E-state index contributed by atoms with van der Waals surface area (Å²) in [5.41, 5.74) is 2.23. The molecule has 2 aromatic rings. The molecule has 1 aromatic heterocycles. The highest BCUT2D eigenvalue weighted by Crippen LogP contribution is 2.15.